The van der Waals surface area contributed by atoms with E-state index in [9.17, 15) is 27.9 Å². The molecule has 0 radical (unpaired) electrons. The topological polar surface area (TPSA) is 86.9 Å². The second-order valence-corrected chi connectivity index (χ2v) is 10.8. The van der Waals surface area contributed by atoms with Gasteiger partial charge in [0.05, 0.1) is 5.92 Å². The Bertz CT molecular complexity index is 1170. The molecule has 3 aliphatic rings. The van der Waals surface area contributed by atoms with E-state index in [0.717, 1.165) is 17.2 Å². The third-order valence-electron chi connectivity index (χ3n) is 7.94. The Labute approximate surface area is 205 Å². The Kier molecular flexibility index (Phi) is 6.24. The predicted molar refractivity (Wildman–Crippen MR) is 125 cm³/mol. The molecule has 35 heavy (non-hydrogen) atoms. The second kappa shape index (κ2) is 8.96. The molecule has 0 bridgehead atoms. The van der Waals surface area contributed by atoms with Gasteiger partial charge in [0.2, 0.25) is 0 Å². The van der Waals surface area contributed by atoms with Gasteiger partial charge in [0, 0.05) is 42.3 Å². The second-order valence-electron chi connectivity index (χ2n) is 10.2. The van der Waals surface area contributed by atoms with Crippen molar-refractivity contribution in [3.8, 4) is 0 Å². The molecule has 1 aliphatic heterocycles. The molecule has 2 aromatic heterocycles. The molecule has 2 aromatic rings. The Morgan fingerprint density at radius 1 is 1.23 bits per heavy atom. The lowest BCUT2D eigenvalue weighted by Gasteiger charge is -2.36. The number of rotatable bonds is 5. The van der Waals surface area contributed by atoms with Crippen molar-refractivity contribution in [2.24, 2.45) is 11.3 Å². The maximum absolute atomic E-state index is 14.4. The summed E-state index contributed by atoms with van der Waals surface area (Å²) in [5.41, 5.74) is -0.326. The summed E-state index contributed by atoms with van der Waals surface area (Å²) in [4.78, 5) is 31.1. The lowest BCUT2D eigenvalue weighted by molar-refractivity contribution is -0.164. The Morgan fingerprint density at radius 3 is 2.57 bits per heavy atom. The number of fused-ring (bicyclic) bond motifs is 1. The van der Waals surface area contributed by atoms with Crippen molar-refractivity contribution in [1.82, 2.24) is 14.7 Å². The van der Waals surface area contributed by atoms with Gasteiger partial charge in [0.1, 0.15) is 17.5 Å². The van der Waals surface area contributed by atoms with Crippen LogP contribution in [0, 0.1) is 11.3 Å². The number of carboxylic acid groups (broad SMARTS) is 1. The third kappa shape index (κ3) is 4.87. The lowest BCUT2D eigenvalue weighted by atomic mass is 9.83. The SMILES string of the molecule is O=C(O)C1CC(Cl)CC[C@H]1N[C@@H](c1cccn2c(=O)cc(N3CCC4(CC3)CC4)nc12)C(F)(F)F. The summed E-state index contributed by atoms with van der Waals surface area (Å²) in [7, 11) is 0. The average Bonchev–Trinajstić information content (AvgIpc) is 3.56. The van der Waals surface area contributed by atoms with Crippen LogP contribution in [0.1, 0.15) is 56.6 Å². The van der Waals surface area contributed by atoms with E-state index < -0.39 is 41.1 Å². The van der Waals surface area contributed by atoms with Crippen LogP contribution in [-0.2, 0) is 4.79 Å². The van der Waals surface area contributed by atoms with Crippen molar-refractivity contribution in [1.29, 1.82) is 0 Å². The zero-order valence-corrected chi connectivity index (χ0v) is 19.9. The first-order chi connectivity index (χ1) is 16.6. The van der Waals surface area contributed by atoms with Crippen LogP contribution < -0.4 is 15.8 Å². The summed E-state index contributed by atoms with van der Waals surface area (Å²) in [6.45, 7) is 1.43. The molecule has 3 heterocycles. The van der Waals surface area contributed by atoms with Crippen molar-refractivity contribution >= 4 is 29.0 Å². The number of alkyl halides is 4. The molecule has 190 valence electrons. The van der Waals surface area contributed by atoms with Crippen LogP contribution in [0.5, 0.6) is 0 Å². The summed E-state index contributed by atoms with van der Waals surface area (Å²) >= 11 is 6.11. The minimum absolute atomic E-state index is 0.0746. The highest BCUT2D eigenvalue weighted by atomic mass is 35.5. The van der Waals surface area contributed by atoms with Gasteiger partial charge in [-0.2, -0.15) is 13.2 Å². The van der Waals surface area contributed by atoms with Gasteiger partial charge < -0.3 is 10.0 Å². The number of hydrogen-bond acceptors (Lipinski definition) is 5. The highest BCUT2D eigenvalue weighted by molar-refractivity contribution is 6.20. The van der Waals surface area contributed by atoms with E-state index in [4.69, 9.17) is 11.6 Å². The van der Waals surface area contributed by atoms with Gasteiger partial charge in [0.25, 0.3) is 5.56 Å². The number of halogens is 4. The number of nitrogens with one attached hydrogen (secondary N) is 1. The molecule has 1 saturated heterocycles. The van der Waals surface area contributed by atoms with Gasteiger partial charge >= 0.3 is 12.1 Å². The summed E-state index contributed by atoms with van der Waals surface area (Å²) in [5, 5.41) is 11.8. The molecule has 1 spiro atoms. The summed E-state index contributed by atoms with van der Waals surface area (Å²) < 4.78 is 44.3. The van der Waals surface area contributed by atoms with Gasteiger partial charge in [-0.1, -0.05) is 6.07 Å². The van der Waals surface area contributed by atoms with Gasteiger partial charge in [0.15, 0.2) is 0 Å². The number of aromatic nitrogens is 2. The number of carboxylic acids is 1. The fourth-order valence-electron chi connectivity index (χ4n) is 5.57. The van der Waals surface area contributed by atoms with Crippen molar-refractivity contribution < 1.29 is 23.1 Å². The molecule has 4 atom stereocenters. The minimum atomic E-state index is -4.74. The standard InChI is InChI=1S/C24H28ClF3N4O3/c25-14-3-4-17(16(12-14)22(34)35)29-20(24(26,27)28)15-2-1-9-32-19(33)13-18(30-21(15)32)31-10-7-23(5-6-23)8-11-31/h1-2,9,13-14,16-17,20,29H,3-8,10-12H2,(H,34,35)/t14?,16?,17-,20+/m1/s1. The van der Waals surface area contributed by atoms with E-state index >= 15 is 0 Å². The first kappa shape index (κ1) is 24.4. The van der Waals surface area contributed by atoms with E-state index in [1.165, 1.54) is 37.2 Å². The molecule has 11 heteroatoms. The summed E-state index contributed by atoms with van der Waals surface area (Å²) in [6, 6.07) is 0.958. The fourth-order valence-corrected chi connectivity index (χ4v) is 5.89. The largest absolute Gasteiger partial charge is 0.481 e. The van der Waals surface area contributed by atoms with Gasteiger partial charge in [-0.15, -0.1) is 11.6 Å². The number of pyridine rings is 1. The summed E-state index contributed by atoms with van der Waals surface area (Å²) in [6.07, 6.45) is 1.77. The molecule has 3 fully saturated rings. The maximum atomic E-state index is 14.4. The number of piperidine rings is 1. The first-order valence-corrected chi connectivity index (χ1v) is 12.5. The molecule has 0 amide bonds. The smallest absolute Gasteiger partial charge is 0.408 e. The Balaban J connectivity index is 1.51. The van der Waals surface area contributed by atoms with Crippen molar-refractivity contribution in [3.63, 3.8) is 0 Å². The van der Waals surface area contributed by atoms with E-state index in [2.05, 4.69) is 10.3 Å². The molecule has 5 rings (SSSR count). The Morgan fingerprint density at radius 2 is 1.94 bits per heavy atom. The van der Waals surface area contributed by atoms with Crippen molar-refractivity contribution in [2.45, 2.75) is 68.6 Å². The molecule has 2 unspecified atom stereocenters. The molecule has 0 aromatic carbocycles. The summed E-state index contributed by atoms with van der Waals surface area (Å²) in [5.74, 6) is -1.84. The quantitative estimate of drug-likeness (QED) is 0.586. The lowest BCUT2D eigenvalue weighted by Crippen LogP contribution is -2.49. The first-order valence-electron chi connectivity index (χ1n) is 12.0. The average molecular weight is 513 g/mol. The van der Waals surface area contributed by atoms with Gasteiger partial charge in [-0.3, -0.25) is 19.3 Å². The van der Waals surface area contributed by atoms with Crippen LogP contribution in [0.25, 0.3) is 5.65 Å². The fraction of sp³-hybridized carbons (Fsp3) is 0.625. The minimum Gasteiger partial charge on any atom is -0.481 e. The number of hydrogen-bond donors (Lipinski definition) is 2. The van der Waals surface area contributed by atoms with E-state index in [1.54, 1.807) is 0 Å². The van der Waals surface area contributed by atoms with Gasteiger partial charge in [-0.25, -0.2) is 4.98 Å². The highest BCUT2D eigenvalue weighted by Gasteiger charge is 2.47. The van der Waals surface area contributed by atoms with Crippen LogP contribution in [-0.4, -0.2) is 51.1 Å². The van der Waals surface area contributed by atoms with Crippen molar-refractivity contribution in [3.05, 3.63) is 40.3 Å². The third-order valence-corrected chi connectivity index (χ3v) is 8.33. The number of carbonyl (C=O) groups is 1. The molecular formula is C24H28ClF3N4O3. The predicted octanol–water partition coefficient (Wildman–Crippen LogP) is 4.13. The molecule has 2 aliphatic carbocycles. The van der Waals surface area contributed by atoms with Crippen LogP contribution in [0.3, 0.4) is 0 Å². The zero-order valence-electron chi connectivity index (χ0n) is 19.1. The number of nitrogens with zero attached hydrogens (tertiary/aromatic N) is 3. The van der Waals surface area contributed by atoms with Crippen molar-refractivity contribution in [2.75, 3.05) is 18.0 Å². The highest BCUT2D eigenvalue weighted by Crippen LogP contribution is 2.53. The monoisotopic (exact) mass is 512 g/mol. The van der Waals surface area contributed by atoms with Crippen LogP contribution >= 0.6 is 11.6 Å². The zero-order chi connectivity index (χ0) is 25.0. The maximum Gasteiger partial charge on any atom is 0.408 e. The molecule has 2 N–H and O–H groups in total. The van der Waals surface area contributed by atoms with Crippen LogP contribution in [0.4, 0.5) is 19.0 Å². The molecular weight excluding hydrogens is 485 g/mol. The molecule has 2 saturated carbocycles. The Hall–Kier alpha value is -2.33. The molecule has 7 nitrogen and oxygen atoms in total. The van der Waals surface area contributed by atoms with Crippen LogP contribution in [0.2, 0.25) is 0 Å². The van der Waals surface area contributed by atoms with Gasteiger partial charge in [-0.05, 0) is 56.4 Å². The normalized spacial score (nSPS) is 27.2. The van der Waals surface area contributed by atoms with Crippen LogP contribution in [0.15, 0.2) is 29.2 Å². The number of anilines is 1. The van der Waals surface area contributed by atoms with E-state index in [0.29, 0.717) is 30.7 Å². The van der Waals surface area contributed by atoms with E-state index in [-0.39, 0.29) is 24.1 Å². The van der Waals surface area contributed by atoms with E-state index in [1.807, 2.05) is 4.90 Å². The number of aliphatic carboxylic acids is 1.